The second kappa shape index (κ2) is 7.81. The summed E-state index contributed by atoms with van der Waals surface area (Å²) in [5, 5.41) is 4.54. The van der Waals surface area contributed by atoms with Gasteiger partial charge in [0.05, 0.1) is 11.7 Å². The molecule has 2 aromatic rings. The number of thioether (sulfide) groups is 1. The predicted molar refractivity (Wildman–Crippen MR) is 101 cm³/mol. The second-order valence-corrected chi connectivity index (χ2v) is 8.24. The lowest BCUT2D eigenvalue weighted by Gasteiger charge is -2.23. The van der Waals surface area contributed by atoms with Crippen molar-refractivity contribution in [2.75, 3.05) is 18.6 Å². The molecule has 4 nitrogen and oxygen atoms in total. The lowest BCUT2D eigenvalue weighted by atomic mass is 9.93. The average Bonchev–Trinajstić information content (AvgIpc) is 2.93. The van der Waals surface area contributed by atoms with E-state index in [-0.39, 0.29) is 5.56 Å². The topological polar surface area (TPSA) is 46.9 Å². The molecule has 0 radical (unpaired) electrons. The Morgan fingerprint density at radius 1 is 1.52 bits per heavy atom. The first kappa shape index (κ1) is 17.0. The molecule has 126 valence electrons. The van der Waals surface area contributed by atoms with Gasteiger partial charge in [0.25, 0.3) is 5.56 Å². The van der Waals surface area contributed by atoms with Crippen molar-refractivity contribution in [3.8, 4) is 0 Å². The van der Waals surface area contributed by atoms with Gasteiger partial charge in [-0.25, -0.2) is 4.98 Å². The Morgan fingerprint density at radius 3 is 3.17 bits per heavy atom. The van der Waals surface area contributed by atoms with Crippen molar-refractivity contribution in [2.24, 2.45) is 0 Å². The maximum absolute atomic E-state index is 12.8. The van der Waals surface area contributed by atoms with Crippen LogP contribution in [0.1, 0.15) is 36.6 Å². The fourth-order valence-corrected chi connectivity index (χ4v) is 4.81. The minimum atomic E-state index is 0.162. The summed E-state index contributed by atoms with van der Waals surface area (Å²) in [5.41, 5.74) is 1.44. The third kappa shape index (κ3) is 3.64. The summed E-state index contributed by atoms with van der Waals surface area (Å²) >= 11 is 3.60. The van der Waals surface area contributed by atoms with E-state index >= 15 is 0 Å². The fraction of sp³-hybridized carbons (Fsp3) is 0.647. The van der Waals surface area contributed by atoms with Crippen molar-refractivity contribution in [1.29, 1.82) is 0 Å². The summed E-state index contributed by atoms with van der Waals surface area (Å²) in [5.74, 6) is 1.15. The van der Waals surface area contributed by atoms with E-state index in [1.54, 1.807) is 22.2 Å². The molecular formula is C17H25N3OS2. The smallest absolute Gasteiger partial charge is 0.262 e. The monoisotopic (exact) mass is 351 g/mol. The number of rotatable bonds is 7. The van der Waals surface area contributed by atoms with Gasteiger partial charge in [-0.1, -0.05) is 13.3 Å². The Bertz CT molecular complexity index is 722. The highest BCUT2D eigenvalue weighted by atomic mass is 32.2. The van der Waals surface area contributed by atoms with Gasteiger partial charge < -0.3 is 5.32 Å². The predicted octanol–water partition coefficient (Wildman–Crippen LogP) is 3.07. The van der Waals surface area contributed by atoms with Crippen molar-refractivity contribution < 1.29 is 0 Å². The molecule has 0 spiro atoms. The summed E-state index contributed by atoms with van der Waals surface area (Å²) in [7, 11) is 0. The van der Waals surface area contributed by atoms with Crippen molar-refractivity contribution in [1.82, 2.24) is 14.9 Å². The number of aryl methyl sites for hydroxylation is 2. The highest BCUT2D eigenvalue weighted by Crippen LogP contribution is 2.33. The van der Waals surface area contributed by atoms with Crippen LogP contribution in [-0.4, -0.2) is 34.1 Å². The van der Waals surface area contributed by atoms with Crippen LogP contribution in [-0.2, 0) is 19.4 Å². The quantitative estimate of drug-likeness (QED) is 0.779. The first-order chi connectivity index (χ1) is 11.2. The Kier molecular flexibility index (Phi) is 5.77. The number of thiophene rings is 1. The molecule has 0 saturated carbocycles. The van der Waals surface area contributed by atoms with Crippen LogP contribution in [0.2, 0.25) is 0 Å². The summed E-state index contributed by atoms with van der Waals surface area (Å²) in [4.78, 5) is 19.6. The molecule has 1 atom stereocenters. The second-order valence-electron chi connectivity index (χ2n) is 6.17. The molecule has 3 rings (SSSR count). The van der Waals surface area contributed by atoms with E-state index < -0.39 is 0 Å². The third-order valence-corrected chi connectivity index (χ3v) is 6.30. The van der Waals surface area contributed by atoms with Crippen LogP contribution in [0.15, 0.2) is 11.1 Å². The van der Waals surface area contributed by atoms with Gasteiger partial charge in [-0.3, -0.25) is 9.36 Å². The molecule has 1 N–H and O–H groups in total. The minimum Gasteiger partial charge on any atom is -0.313 e. The highest BCUT2D eigenvalue weighted by Gasteiger charge is 2.24. The number of aromatic nitrogens is 2. The average molecular weight is 352 g/mol. The number of hydrogen-bond donors (Lipinski definition) is 1. The van der Waals surface area contributed by atoms with E-state index in [1.165, 1.54) is 10.4 Å². The summed E-state index contributed by atoms with van der Waals surface area (Å²) < 4.78 is 1.79. The molecule has 0 saturated heterocycles. The molecule has 6 heteroatoms. The molecule has 0 aliphatic heterocycles. The Labute approximate surface area is 145 Å². The van der Waals surface area contributed by atoms with Crippen LogP contribution < -0.4 is 10.9 Å². The molecule has 0 fully saturated rings. The maximum atomic E-state index is 12.8. The van der Waals surface area contributed by atoms with Crippen LogP contribution in [0.4, 0.5) is 0 Å². The van der Waals surface area contributed by atoms with E-state index in [0.29, 0.717) is 6.04 Å². The van der Waals surface area contributed by atoms with Gasteiger partial charge in [-0.05, 0) is 37.5 Å². The van der Waals surface area contributed by atoms with E-state index in [4.69, 9.17) is 0 Å². The highest BCUT2D eigenvalue weighted by molar-refractivity contribution is 7.98. The third-order valence-electron chi connectivity index (χ3n) is 4.53. The van der Waals surface area contributed by atoms with Gasteiger partial charge in [0.1, 0.15) is 4.83 Å². The first-order valence-corrected chi connectivity index (χ1v) is 10.7. The molecule has 0 bridgehead atoms. The first-order valence-electron chi connectivity index (χ1n) is 8.46. The Morgan fingerprint density at radius 2 is 2.39 bits per heavy atom. The van der Waals surface area contributed by atoms with Gasteiger partial charge in [0.2, 0.25) is 0 Å². The summed E-state index contributed by atoms with van der Waals surface area (Å²) in [6.45, 7) is 3.99. The lowest BCUT2D eigenvalue weighted by Crippen LogP contribution is -2.35. The number of fused-ring (bicyclic) bond motifs is 3. The SMILES string of the molecule is CCCCn1cnc2sc3c(c2c1=O)CC[C@H](NCCSC)C3. The fourth-order valence-electron chi connectivity index (χ4n) is 3.23. The largest absolute Gasteiger partial charge is 0.313 e. The van der Waals surface area contributed by atoms with Crippen molar-refractivity contribution in [2.45, 2.75) is 51.6 Å². The van der Waals surface area contributed by atoms with E-state index in [0.717, 1.165) is 61.2 Å². The van der Waals surface area contributed by atoms with E-state index in [1.807, 2.05) is 11.8 Å². The van der Waals surface area contributed by atoms with E-state index in [9.17, 15) is 4.79 Å². The number of hydrogen-bond acceptors (Lipinski definition) is 5. The lowest BCUT2D eigenvalue weighted by molar-refractivity contribution is 0.477. The van der Waals surface area contributed by atoms with Crippen LogP contribution >= 0.6 is 23.1 Å². The molecule has 0 aromatic carbocycles. The normalized spacial score (nSPS) is 17.6. The zero-order valence-electron chi connectivity index (χ0n) is 13.9. The molecule has 2 aromatic heterocycles. The van der Waals surface area contributed by atoms with Gasteiger partial charge >= 0.3 is 0 Å². The van der Waals surface area contributed by atoms with Crippen LogP contribution in [0, 0.1) is 0 Å². The number of nitrogens with zero attached hydrogens (tertiary/aromatic N) is 2. The van der Waals surface area contributed by atoms with Gasteiger partial charge in [-0.2, -0.15) is 11.8 Å². The summed E-state index contributed by atoms with van der Waals surface area (Å²) in [6.07, 6.45) is 9.16. The summed E-state index contributed by atoms with van der Waals surface area (Å²) in [6, 6.07) is 0.546. The van der Waals surface area contributed by atoms with Crippen LogP contribution in [0.5, 0.6) is 0 Å². The Balaban J connectivity index is 1.84. The van der Waals surface area contributed by atoms with Crippen molar-refractivity contribution >= 4 is 33.3 Å². The molecular weight excluding hydrogens is 326 g/mol. The minimum absolute atomic E-state index is 0.162. The zero-order chi connectivity index (χ0) is 16.2. The van der Waals surface area contributed by atoms with Crippen molar-refractivity contribution in [3.63, 3.8) is 0 Å². The molecule has 0 unspecified atom stereocenters. The Hall–Kier alpha value is -0.850. The number of unbranched alkanes of at least 4 members (excludes halogenated alkanes) is 1. The zero-order valence-corrected chi connectivity index (χ0v) is 15.6. The maximum Gasteiger partial charge on any atom is 0.262 e. The van der Waals surface area contributed by atoms with E-state index in [2.05, 4.69) is 23.5 Å². The number of nitrogens with one attached hydrogen (secondary N) is 1. The van der Waals surface area contributed by atoms with Gasteiger partial charge in [0.15, 0.2) is 0 Å². The molecule has 0 amide bonds. The van der Waals surface area contributed by atoms with Crippen molar-refractivity contribution in [3.05, 3.63) is 27.1 Å². The van der Waals surface area contributed by atoms with Crippen LogP contribution in [0.25, 0.3) is 10.2 Å². The molecule has 1 aliphatic rings. The molecule has 1 aliphatic carbocycles. The molecule has 23 heavy (non-hydrogen) atoms. The standard InChI is InChI=1S/C17H25N3OS2/c1-3-4-8-20-11-19-16-15(17(20)21)13-6-5-12(10-14(13)23-16)18-7-9-22-2/h11-12,18H,3-10H2,1-2H3/t12-/m0/s1. The van der Waals surface area contributed by atoms with Gasteiger partial charge in [-0.15, -0.1) is 11.3 Å². The molecule has 2 heterocycles. The van der Waals surface area contributed by atoms with Crippen LogP contribution in [0.3, 0.4) is 0 Å². The van der Waals surface area contributed by atoms with Gasteiger partial charge in [0, 0.05) is 29.8 Å².